The highest BCUT2D eigenvalue weighted by molar-refractivity contribution is 7.90. The Labute approximate surface area is 204 Å². The van der Waals surface area contributed by atoms with Crippen LogP contribution in [0.4, 0.5) is 4.79 Å². The van der Waals surface area contributed by atoms with Crippen molar-refractivity contribution in [1.29, 1.82) is 0 Å². The number of aromatic nitrogens is 4. The molecular formula is C25H27N5O4S. The number of imidazole rings is 1. The number of aryl methyl sites for hydroxylation is 1. The molecule has 0 saturated carbocycles. The average Bonchev–Trinajstić information content (AvgIpc) is 3.55. The third kappa shape index (κ3) is 6.80. The van der Waals surface area contributed by atoms with Gasteiger partial charge in [-0.1, -0.05) is 12.1 Å². The van der Waals surface area contributed by atoms with Crippen LogP contribution in [0, 0.1) is 0 Å². The lowest BCUT2D eigenvalue weighted by Crippen LogP contribution is -2.28. The minimum absolute atomic E-state index is 0.218. The third-order valence-electron chi connectivity index (χ3n) is 5.37. The molecule has 1 amide bonds. The number of nitrogens with zero attached hydrogens (tertiary/aromatic N) is 4. The van der Waals surface area contributed by atoms with Gasteiger partial charge in [0.05, 0.1) is 10.6 Å². The highest BCUT2D eigenvalue weighted by atomic mass is 32.2. The van der Waals surface area contributed by atoms with Crippen LogP contribution in [-0.4, -0.2) is 46.6 Å². The summed E-state index contributed by atoms with van der Waals surface area (Å²) in [6.45, 7) is 1.73. The molecule has 2 heterocycles. The number of benzene rings is 2. The Hall–Kier alpha value is -3.92. The van der Waals surface area contributed by atoms with E-state index in [1.54, 1.807) is 36.7 Å². The quantitative estimate of drug-likeness (QED) is 0.337. The van der Waals surface area contributed by atoms with Crippen molar-refractivity contribution in [3.63, 3.8) is 0 Å². The number of carbonyl (C=O) groups is 1. The van der Waals surface area contributed by atoms with Gasteiger partial charge in [0.2, 0.25) is 0 Å². The first-order chi connectivity index (χ1) is 16.9. The number of unbranched alkanes of at least 4 members (excludes halogenated alkanes) is 1. The van der Waals surface area contributed by atoms with Crippen molar-refractivity contribution in [2.45, 2.75) is 30.9 Å². The van der Waals surface area contributed by atoms with Crippen LogP contribution in [0.5, 0.6) is 5.75 Å². The molecule has 182 valence electrons. The van der Waals surface area contributed by atoms with Crippen molar-refractivity contribution in [1.82, 2.24) is 24.6 Å². The summed E-state index contributed by atoms with van der Waals surface area (Å²) < 4.78 is 32.2. The summed E-state index contributed by atoms with van der Waals surface area (Å²) in [5.41, 5.74) is 2.41. The number of carbonyl (C=O) groups excluding carboxylic acids is 1. The standard InChI is InChI=1S/C25H27N5O4S/c1-35(32,33)23-11-5-20(6-12-23)18-34-22-9-7-21(8-10-22)24-17-29(19-27-24)25(31)26-13-2-3-15-30-16-4-14-28-30/h4-12,14,16-17,19H,2-3,13,15,18H2,1H3,(H,26,31). The third-order valence-corrected chi connectivity index (χ3v) is 6.50. The average molecular weight is 494 g/mol. The number of hydrogen-bond donors (Lipinski definition) is 1. The fourth-order valence-electron chi connectivity index (χ4n) is 3.42. The number of amides is 1. The first kappa shape index (κ1) is 24.2. The number of rotatable bonds is 10. The molecule has 0 bridgehead atoms. The lowest BCUT2D eigenvalue weighted by Gasteiger charge is -2.08. The van der Waals surface area contributed by atoms with E-state index >= 15 is 0 Å². The topological polar surface area (TPSA) is 108 Å². The summed E-state index contributed by atoms with van der Waals surface area (Å²) in [5.74, 6) is 0.674. The van der Waals surface area contributed by atoms with Crippen LogP contribution in [0.15, 0.2) is 84.4 Å². The summed E-state index contributed by atoms with van der Waals surface area (Å²) in [7, 11) is -3.21. The zero-order chi connectivity index (χ0) is 24.7. The molecule has 0 spiro atoms. The van der Waals surface area contributed by atoms with Gasteiger partial charge in [-0.2, -0.15) is 5.10 Å². The Balaban J connectivity index is 1.24. The van der Waals surface area contributed by atoms with E-state index in [4.69, 9.17) is 4.74 Å². The molecule has 0 aliphatic carbocycles. The van der Waals surface area contributed by atoms with Gasteiger partial charge in [-0.05, 0) is 60.9 Å². The summed E-state index contributed by atoms with van der Waals surface area (Å²) >= 11 is 0. The summed E-state index contributed by atoms with van der Waals surface area (Å²) in [6.07, 6.45) is 9.83. The lowest BCUT2D eigenvalue weighted by molar-refractivity contribution is 0.242. The van der Waals surface area contributed by atoms with Crippen LogP contribution < -0.4 is 10.1 Å². The maximum atomic E-state index is 12.4. The lowest BCUT2D eigenvalue weighted by atomic mass is 10.1. The molecule has 1 N–H and O–H groups in total. The molecule has 4 aromatic rings. The van der Waals surface area contributed by atoms with E-state index in [1.807, 2.05) is 41.2 Å². The van der Waals surface area contributed by atoms with Gasteiger partial charge in [0.1, 0.15) is 18.7 Å². The van der Waals surface area contributed by atoms with E-state index in [1.165, 1.54) is 17.2 Å². The summed E-state index contributed by atoms with van der Waals surface area (Å²) in [6, 6.07) is 15.7. The Morgan fingerprint density at radius 2 is 1.83 bits per heavy atom. The second kappa shape index (κ2) is 11.0. The molecule has 0 aliphatic rings. The van der Waals surface area contributed by atoms with Crippen molar-refractivity contribution < 1.29 is 17.9 Å². The van der Waals surface area contributed by atoms with Crippen LogP contribution >= 0.6 is 0 Å². The number of hydrogen-bond acceptors (Lipinski definition) is 6. The zero-order valence-corrected chi connectivity index (χ0v) is 20.2. The van der Waals surface area contributed by atoms with Gasteiger partial charge in [0, 0.05) is 43.5 Å². The number of sulfone groups is 1. The molecule has 0 unspecified atom stereocenters. The van der Waals surface area contributed by atoms with Crippen LogP contribution in [0.2, 0.25) is 0 Å². The molecule has 0 radical (unpaired) electrons. The van der Waals surface area contributed by atoms with Gasteiger partial charge in [0.15, 0.2) is 9.84 Å². The van der Waals surface area contributed by atoms with Gasteiger partial charge in [0.25, 0.3) is 0 Å². The van der Waals surface area contributed by atoms with Crippen molar-refractivity contribution in [3.8, 4) is 17.0 Å². The Morgan fingerprint density at radius 3 is 2.51 bits per heavy atom. The molecule has 35 heavy (non-hydrogen) atoms. The van der Waals surface area contributed by atoms with Crippen LogP contribution in [-0.2, 0) is 23.0 Å². The minimum Gasteiger partial charge on any atom is -0.489 e. The van der Waals surface area contributed by atoms with Crippen LogP contribution in [0.3, 0.4) is 0 Å². The van der Waals surface area contributed by atoms with Crippen molar-refractivity contribution in [3.05, 3.63) is 85.1 Å². The zero-order valence-electron chi connectivity index (χ0n) is 19.4. The molecule has 0 aliphatic heterocycles. The fourth-order valence-corrected chi connectivity index (χ4v) is 4.05. The van der Waals surface area contributed by atoms with E-state index in [-0.39, 0.29) is 10.9 Å². The monoisotopic (exact) mass is 493 g/mol. The van der Waals surface area contributed by atoms with Crippen molar-refractivity contribution >= 4 is 15.9 Å². The van der Waals surface area contributed by atoms with Gasteiger partial charge in [-0.15, -0.1) is 0 Å². The van der Waals surface area contributed by atoms with Gasteiger partial charge < -0.3 is 10.1 Å². The normalized spacial score (nSPS) is 11.3. The molecular weight excluding hydrogens is 466 g/mol. The predicted octanol–water partition coefficient (Wildman–Crippen LogP) is 3.77. The Bertz CT molecular complexity index is 1350. The van der Waals surface area contributed by atoms with E-state index < -0.39 is 9.84 Å². The highest BCUT2D eigenvalue weighted by Gasteiger charge is 2.09. The smallest absolute Gasteiger partial charge is 0.326 e. The highest BCUT2D eigenvalue weighted by Crippen LogP contribution is 2.22. The number of ether oxygens (including phenoxy) is 1. The maximum absolute atomic E-state index is 12.4. The molecule has 2 aromatic heterocycles. The predicted molar refractivity (Wildman–Crippen MR) is 132 cm³/mol. The first-order valence-electron chi connectivity index (χ1n) is 11.2. The molecule has 9 nitrogen and oxygen atoms in total. The van der Waals surface area contributed by atoms with Gasteiger partial charge >= 0.3 is 6.03 Å². The largest absolute Gasteiger partial charge is 0.489 e. The second-order valence-corrected chi connectivity index (χ2v) is 10.1. The fraction of sp³-hybridized carbons (Fsp3) is 0.240. The maximum Gasteiger partial charge on any atom is 0.326 e. The van der Waals surface area contributed by atoms with Gasteiger partial charge in [-0.25, -0.2) is 18.2 Å². The molecule has 0 saturated heterocycles. The SMILES string of the molecule is CS(=O)(=O)c1ccc(COc2ccc(-c3cn(C(=O)NCCCCn4cccn4)cn3)cc2)cc1. The molecule has 10 heteroatoms. The van der Waals surface area contributed by atoms with Gasteiger partial charge in [-0.3, -0.25) is 9.25 Å². The molecule has 4 rings (SSSR count). The molecule has 2 aromatic carbocycles. The Morgan fingerprint density at radius 1 is 1.06 bits per heavy atom. The van der Waals surface area contributed by atoms with Crippen molar-refractivity contribution in [2.75, 3.05) is 12.8 Å². The molecule has 0 atom stereocenters. The van der Waals surface area contributed by atoms with E-state index in [9.17, 15) is 13.2 Å². The molecule has 0 fully saturated rings. The van der Waals surface area contributed by atoms with Crippen LogP contribution in [0.1, 0.15) is 18.4 Å². The number of nitrogens with one attached hydrogen (secondary N) is 1. The summed E-state index contributed by atoms with van der Waals surface area (Å²) in [4.78, 5) is 17.0. The second-order valence-electron chi connectivity index (χ2n) is 8.10. The summed E-state index contributed by atoms with van der Waals surface area (Å²) in [5, 5.41) is 7.06. The van der Waals surface area contributed by atoms with Crippen molar-refractivity contribution in [2.24, 2.45) is 0 Å². The Kier molecular flexibility index (Phi) is 7.61. The van der Waals surface area contributed by atoms with E-state index in [0.29, 0.717) is 24.6 Å². The first-order valence-corrected chi connectivity index (χ1v) is 13.1. The van der Waals surface area contributed by atoms with E-state index in [2.05, 4.69) is 15.4 Å². The van der Waals surface area contributed by atoms with E-state index in [0.717, 1.165) is 30.5 Å². The minimum atomic E-state index is -3.21. The van der Waals surface area contributed by atoms with Crippen LogP contribution in [0.25, 0.3) is 11.3 Å².